The Kier molecular flexibility index (Phi) is 5.98. The standard InChI is InChI=1S/C15H26O4/c1-5-18-14(17)15(3,4)13(16)10-19-12-8-6-7-11(2)9-12/h11-12H,5-10H2,1-4H3. The van der Waals surface area contributed by atoms with Gasteiger partial charge in [-0.1, -0.05) is 19.8 Å². The molecule has 1 fully saturated rings. The molecule has 0 aromatic heterocycles. The molecule has 0 aromatic rings. The Hall–Kier alpha value is -0.900. The number of hydrogen-bond donors (Lipinski definition) is 0. The van der Waals surface area contributed by atoms with E-state index in [2.05, 4.69) is 6.92 Å². The van der Waals surface area contributed by atoms with Gasteiger partial charge in [0.1, 0.15) is 12.0 Å². The summed E-state index contributed by atoms with van der Waals surface area (Å²) in [5.41, 5.74) is -1.11. The van der Waals surface area contributed by atoms with Crippen LogP contribution in [0.4, 0.5) is 0 Å². The first-order valence-electron chi connectivity index (χ1n) is 7.20. The van der Waals surface area contributed by atoms with Gasteiger partial charge in [0.2, 0.25) is 0 Å². The molecule has 1 saturated carbocycles. The zero-order valence-electron chi connectivity index (χ0n) is 12.5. The largest absolute Gasteiger partial charge is 0.465 e. The van der Waals surface area contributed by atoms with Crippen molar-refractivity contribution < 1.29 is 19.1 Å². The third-order valence-corrected chi connectivity index (χ3v) is 3.82. The van der Waals surface area contributed by atoms with E-state index in [1.807, 2.05) is 0 Å². The second-order valence-electron chi connectivity index (χ2n) is 5.97. The van der Waals surface area contributed by atoms with Crippen LogP contribution < -0.4 is 0 Å². The zero-order valence-corrected chi connectivity index (χ0v) is 12.5. The molecular weight excluding hydrogens is 244 g/mol. The Morgan fingerprint density at radius 2 is 1.95 bits per heavy atom. The minimum absolute atomic E-state index is 0.00318. The summed E-state index contributed by atoms with van der Waals surface area (Å²) in [6.07, 6.45) is 4.57. The summed E-state index contributed by atoms with van der Waals surface area (Å²) in [7, 11) is 0. The average molecular weight is 270 g/mol. The van der Waals surface area contributed by atoms with E-state index in [0.29, 0.717) is 5.92 Å². The Bertz CT molecular complexity index is 322. The van der Waals surface area contributed by atoms with Crippen molar-refractivity contribution in [2.45, 2.75) is 59.5 Å². The van der Waals surface area contributed by atoms with Crippen LogP contribution in [-0.4, -0.2) is 31.1 Å². The molecule has 0 N–H and O–H groups in total. The highest BCUT2D eigenvalue weighted by Gasteiger charge is 2.37. The fourth-order valence-corrected chi connectivity index (χ4v) is 2.33. The summed E-state index contributed by atoms with van der Waals surface area (Å²) in [4.78, 5) is 23.8. The molecule has 2 atom stereocenters. The SMILES string of the molecule is CCOC(=O)C(C)(C)C(=O)COC1CCCC(C)C1. The highest BCUT2D eigenvalue weighted by atomic mass is 16.5. The maximum Gasteiger partial charge on any atom is 0.319 e. The van der Waals surface area contributed by atoms with Crippen molar-refractivity contribution in [3.63, 3.8) is 0 Å². The summed E-state index contributed by atoms with van der Waals surface area (Å²) < 4.78 is 10.6. The van der Waals surface area contributed by atoms with Crippen LogP contribution >= 0.6 is 0 Å². The maximum atomic E-state index is 12.1. The van der Waals surface area contributed by atoms with Crippen LogP contribution in [0.2, 0.25) is 0 Å². The van der Waals surface area contributed by atoms with E-state index in [1.54, 1.807) is 20.8 Å². The van der Waals surface area contributed by atoms with Gasteiger partial charge in [0, 0.05) is 0 Å². The van der Waals surface area contributed by atoms with Gasteiger partial charge in [-0.2, -0.15) is 0 Å². The second-order valence-corrected chi connectivity index (χ2v) is 5.97. The molecule has 1 aliphatic carbocycles. The topological polar surface area (TPSA) is 52.6 Å². The lowest BCUT2D eigenvalue weighted by atomic mass is 9.87. The molecule has 0 radical (unpaired) electrons. The van der Waals surface area contributed by atoms with Gasteiger partial charge in [-0.25, -0.2) is 0 Å². The van der Waals surface area contributed by atoms with Gasteiger partial charge in [-0.15, -0.1) is 0 Å². The van der Waals surface area contributed by atoms with Crippen LogP contribution in [0, 0.1) is 11.3 Å². The number of Topliss-reactive ketones (excluding diaryl/α,β-unsaturated/α-hetero) is 1. The van der Waals surface area contributed by atoms with Crippen molar-refractivity contribution in [3.05, 3.63) is 0 Å². The van der Waals surface area contributed by atoms with Crippen LogP contribution in [0.3, 0.4) is 0 Å². The molecule has 0 aromatic carbocycles. The lowest BCUT2D eigenvalue weighted by Gasteiger charge is -2.28. The minimum Gasteiger partial charge on any atom is -0.465 e. The van der Waals surface area contributed by atoms with Crippen LogP contribution in [-0.2, 0) is 19.1 Å². The van der Waals surface area contributed by atoms with E-state index in [4.69, 9.17) is 9.47 Å². The van der Waals surface area contributed by atoms with E-state index in [1.165, 1.54) is 6.42 Å². The lowest BCUT2D eigenvalue weighted by molar-refractivity contribution is -0.160. The maximum absolute atomic E-state index is 12.1. The summed E-state index contributed by atoms with van der Waals surface area (Å²) in [6, 6.07) is 0. The number of carbonyl (C=O) groups is 2. The highest BCUT2D eigenvalue weighted by molar-refractivity contribution is 6.03. The molecule has 1 rings (SSSR count). The summed E-state index contributed by atoms with van der Waals surface area (Å²) in [5, 5.41) is 0. The Balaban J connectivity index is 2.43. The molecule has 0 bridgehead atoms. The third kappa shape index (κ3) is 4.60. The second kappa shape index (κ2) is 7.04. The number of ether oxygens (including phenoxy) is 2. The van der Waals surface area contributed by atoms with Crippen molar-refractivity contribution in [1.82, 2.24) is 0 Å². The summed E-state index contributed by atoms with van der Waals surface area (Å²) in [6.45, 7) is 7.43. The van der Waals surface area contributed by atoms with Crippen LogP contribution in [0.25, 0.3) is 0 Å². The first-order valence-corrected chi connectivity index (χ1v) is 7.20. The van der Waals surface area contributed by atoms with Gasteiger partial charge in [0.25, 0.3) is 0 Å². The van der Waals surface area contributed by atoms with E-state index in [0.717, 1.165) is 19.3 Å². The fourth-order valence-electron chi connectivity index (χ4n) is 2.33. The average Bonchev–Trinajstić information content (AvgIpc) is 2.36. The fraction of sp³-hybridized carbons (Fsp3) is 0.867. The van der Waals surface area contributed by atoms with Crippen LogP contribution in [0.1, 0.15) is 53.4 Å². The van der Waals surface area contributed by atoms with E-state index in [-0.39, 0.29) is 25.1 Å². The van der Waals surface area contributed by atoms with Crippen molar-refractivity contribution in [3.8, 4) is 0 Å². The molecule has 0 spiro atoms. The molecule has 4 heteroatoms. The predicted molar refractivity (Wildman–Crippen MR) is 72.8 cm³/mol. The third-order valence-electron chi connectivity index (χ3n) is 3.82. The van der Waals surface area contributed by atoms with E-state index < -0.39 is 11.4 Å². The molecule has 2 unspecified atom stereocenters. The zero-order chi connectivity index (χ0) is 14.5. The molecule has 19 heavy (non-hydrogen) atoms. The van der Waals surface area contributed by atoms with Gasteiger partial charge in [-0.3, -0.25) is 9.59 Å². The Labute approximate surface area is 115 Å². The predicted octanol–water partition coefficient (Wildman–Crippen LogP) is 2.74. The van der Waals surface area contributed by atoms with Crippen LogP contribution in [0.15, 0.2) is 0 Å². The van der Waals surface area contributed by atoms with Crippen LogP contribution in [0.5, 0.6) is 0 Å². The van der Waals surface area contributed by atoms with Gasteiger partial charge in [0.05, 0.1) is 12.7 Å². The Morgan fingerprint density at radius 3 is 2.53 bits per heavy atom. The highest BCUT2D eigenvalue weighted by Crippen LogP contribution is 2.26. The number of rotatable bonds is 6. The van der Waals surface area contributed by atoms with E-state index >= 15 is 0 Å². The first kappa shape index (κ1) is 16.2. The molecule has 0 saturated heterocycles. The molecule has 110 valence electrons. The lowest BCUT2D eigenvalue weighted by Crippen LogP contribution is -2.38. The molecule has 4 nitrogen and oxygen atoms in total. The molecule has 1 aliphatic rings. The van der Waals surface area contributed by atoms with E-state index in [9.17, 15) is 9.59 Å². The molecule has 0 aliphatic heterocycles. The summed E-state index contributed by atoms with van der Waals surface area (Å²) >= 11 is 0. The summed E-state index contributed by atoms with van der Waals surface area (Å²) in [5.74, 6) is -0.0169. The minimum atomic E-state index is -1.11. The normalized spacial score (nSPS) is 24.0. The van der Waals surface area contributed by atoms with Crippen molar-refractivity contribution >= 4 is 11.8 Å². The smallest absolute Gasteiger partial charge is 0.319 e. The van der Waals surface area contributed by atoms with Crippen molar-refractivity contribution in [2.75, 3.05) is 13.2 Å². The Morgan fingerprint density at radius 1 is 1.26 bits per heavy atom. The number of ketones is 1. The number of carbonyl (C=O) groups excluding carboxylic acids is 2. The van der Waals surface area contributed by atoms with Gasteiger partial charge in [-0.05, 0) is 39.5 Å². The van der Waals surface area contributed by atoms with Crippen molar-refractivity contribution in [2.24, 2.45) is 11.3 Å². The van der Waals surface area contributed by atoms with Gasteiger partial charge in [0.15, 0.2) is 5.78 Å². The number of esters is 1. The number of hydrogen-bond acceptors (Lipinski definition) is 4. The van der Waals surface area contributed by atoms with Gasteiger partial charge >= 0.3 is 5.97 Å². The van der Waals surface area contributed by atoms with Gasteiger partial charge < -0.3 is 9.47 Å². The molecule has 0 heterocycles. The first-order chi connectivity index (χ1) is 8.87. The molecular formula is C15H26O4. The monoisotopic (exact) mass is 270 g/mol. The quantitative estimate of drug-likeness (QED) is 0.550. The van der Waals surface area contributed by atoms with Crippen molar-refractivity contribution in [1.29, 1.82) is 0 Å². The molecule has 0 amide bonds.